The van der Waals surface area contributed by atoms with Gasteiger partial charge < -0.3 is 11.1 Å². The lowest BCUT2D eigenvalue weighted by atomic mass is 10.2. The Morgan fingerprint density at radius 2 is 2.11 bits per heavy atom. The van der Waals surface area contributed by atoms with E-state index in [2.05, 4.69) is 10.3 Å². The molecule has 0 bridgehead atoms. The van der Waals surface area contributed by atoms with E-state index in [9.17, 15) is 9.18 Å². The van der Waals surface area contributed by atoms with Crippen LogP contribution in [0.25, 0.3) is 0 Å². The maximum absolute atomic E-state index is 13.2. The van der Waals surface area contributed by atoms with Crippen molar-refractivity contribution in [3.8, 4) is 0 Å². The number of nitrogens with two attached hydrogens (primary N) is 1. The van der Waals surface area contributed by atoms with E-state index in [1.165, 1.54) is 18.3 Å². The van der Waals surface area contributed by atoms with Crippen LogP contribution in [-0.2, 0) is 0 Å². The maximum atomic E-state index is 13.2. The van der Waals surface area contributed by atoms with E-state index in [-0.39, 0.29) is 11.3 Å². The number of hydrogen-bond donors (Lipinski definition) is 2. The van der Waals surface area contributed by atoms with Crippen molar-refractivity contribution in [2.24, 2.45) is 0 Å². The van der Waals surface area contributed by atoms with Crippen LogP contribution in [0.3, 0.4) is 0 Å². The number of nitrogens with zero attached hydrogens (tertiary/aromatic N) is 1. The number of pyridine rings is 1. The average molecular weight is 266 g/mol. The van der Waals surface area contributed by atoms with Crippen molar-refractivity contribution in [1.82, 2.24) is 4.98 Å². The molecule has 0 aliphatic rings. The first-order chi connectivity index (χ1) is 8.56. The summed E-state index contributed by atoms with van der Waals surface area (Å²) in [6.07, 6.45) is 1.41. The van der Waals surface area contributed by atoms with E-state index in [1.54, 1.807) is 12.1 Å². The zero-order valence-corrected chi connectivity index (χ0v) is 9.91. The predicted molar refractivity (Wildman–Crippen MR) is 68.0 cm³/mol. The molecule has 0 spiro atoms. The summed E-state index contributed by atoms with van der Waals surface area (Å²) >= 11 is 5.62. The molecule has 4 nitrogen and oxygen atoms in total. The lowest BCUT2D eigenvalue weighted by molar-refractivity contribution is 0.102. The summed E-state index contributed by atoms with van der Waals surface area (Å²) in [6, 6.07) is 7.00. The Hall–Kier alpha value is -2.14. The second kappa shape index (κ2) is 5.01. The van der Waals surface area contributed by atoms with Crippen LogP contribution in [0.15, 0.2) is 36.5 Å². The molecule has 0 unspecified atom stereocenters. The fourth-order valence-corrected chi connectivity index (χ4v) is 1.43. The maximum Gasteiger partial charge on any atom is 0.255 e. The van der Waals surface area contributed by atoms with E-state index in [4.69, 9.17) is 17.3 Å². The minimum Gasteiger partial charge on any atom is -0.396 e. The SMILES string of the molecule is Nc1ccc(C(=O)Nc2ccc(Cl)nc2)cc1F. The lowest BCUT2D eigenvalue weighted by Gasteiger charge is -2.05. The fourth-order valence-electron chi connectivity index (χ4n) is 1.32. The third kappa shape index (κ3) is 2.75. The molecule has 18 heavy (non-hydrogen) atoms. The highest BCUT2D eigenvalue weighted by Crippen LogP contribution is 2.14. The smallest absolute Gasteiger partial charge is 0.255 e. The standard InChI is InChI=1S/C12H9ClFN3O/c13-11-4-2-8(6-16-11)17-12(18)7-1-3-10(15)9(14)5-7/h1-6H,15H2,(H,17,18). The number of anilines is 2. The highest BCUT2D eigenvalue weighted by molar-refractivity contribution is 6.29. The molecule has 2 rings (SSSR count). The Bertz CT molecular complexity index is 586. The van der Waals surface area contributed by atoms with Gasteiger partial charge in [0.05, 0.1) is 17.6 Å². The minimum absolute atomic E-state index is 0.000269. The van der Waals surface area contributed by atoms with Gasteiger partial charge in [-0.1, -0.05) is 11.6 Å². The summed E-state index contributed by atoms with van der Waals surface area (Å²) < 4.78 is 13.2. The van der Waals surface area contributed by atoms with Crippen molar-refractivity contribution >= 4 is 28.9 Å². The fraction of sp³-hybridized carbons (Fsp3) is 0. The summed E-state index contributed by atoms with van der Waals surface area (Å²) in [4.78, 5) is 15.6. The molecule has 0 radical (unpaired) electrons. The summed E-state index contributed by atoms with van der Waals surface area (Å²) in [5.41, 5.74) is 5.98. The molecule has 1 aromatic heterocycles. The van der Waals surface area contributed by atoms with Crippen LogP contribution in [0.1, 0.15) is 10.4 Å². The number of halogens is 2. The summed E-state index contributed by atoms with van der Waals surface area (Å²) in [7, 11) is 0. The normalized spacial score (nSPS) is 10.1. The second-order valence-electron chi connectivity index (χ2n) is 3.56. The van der Waals surface area contributed by atoms with Gasteiger partial charge in [-0.2, -0.15) is 0 Å². The zero-order chi connectivity index (χ0) is 13.1. The van der Waals surface area contributed by atoms with Crippen LogP contribution in [0, 0.1) is 5.82 Å². The van der Waals surface area contributed by atoms with Crippen molar-refractivity contribution in [2.45, 2.75) is 0 Å². The van der Waals surface area contributed by atoms with Gasteiger partial charge >= 0.3 is 0 Å². The van der Waals surface area contributed by atoms with Crippen molar-refractivity contribution in [1.29, 1.82) is 0 Å². The van der Waals surface area contributed by atoms with Crippen LogP contribution >= 0.6 is 11.6 Å². The van der Waals surface area contributed by atoms with Gasteiger partial charge in [-0.15, -0.1) is 0 Å². The molecule has 1 heterocycles. The molecule has 6 heteroatoms. The predicted octanol–water partition coefficient (Wildman–Crippen LogP) is 2.71. The molecular weight excluding hydrogens is 257 g/mol. The molecule has 1 aromatic carbocycles. The van der Waals surface area contributed by atoms with Gasteiger partial charge in [0.1, 0.15) is 11.0 Å². The van der Waals surface area contributed by atoms with Gasteiger partial charge in [-0.05, 0) is 30.3 Å². The first-order valence-electron chi connectivity index (χ1n) is 5.04. The van der Waals surface area contributed by atoms with Gasteiger partial charge in [-0.3, -0.25) is 4.79 Å². The molecule has 0 fully saturated rings. The number of nitrogens with one attached hydrogen (secondary N) is 1. The van der Waals surface area contributed by atoms with Crippen LogP contribution in [-0.4, -0.2) is 10.9 Å². The molecule has 0 aliphatic carbocycles. The molecule has 0 aliphatic heterocycles. The third-order valence-electron chi connectivity index (χ3n) is 2.25. The molecule has 0 saturated heterocycles. The highest BCUT2D eigenvalue weighted by Gasteiger charge is 2.08. The van der Waals surface area contributed by atoms with Crippen molar-refractivity contribution in [3.63, 3.8) is 0 Å². The van der Waals surface area contributed by atoms with E-state index in [0.29, 0.717) is 10.8 Å². The van der Waals surface area contributed by atoms with E-state index in [0.717, 1.165) is 6.07 Å². The Labute approximate surface area is 108 Å². The molecule has 92 valence electrons. The summed E-state index contributed by atoms with van der Waals surface area (Å²) in [5, 5.41) is 2.89. The molecule has 1 amide bonds. The van der Waals surface area contributed by atoms with Crippen LogP contribution in [0.4, 0.5) is 15.8 Å². The number of benzene rings is 1. The summed E-state index contributed by atoms with van der Waals surface area (Å²) in [6.45, 7) is 0. The van der Waals surface area contributed by atoms with E-state index >= 15 is 0 Å². The first-order valence-corrected chi connectivity index (χ1v) is 5.42. The number of rotatable bonds is 2. The summed E-state index contributed by atoms with van der Waals surface area (Å²) in [5.74, 6) is -1.07. The number of amides is 1. The van der Waals surface area contributed by atoms with Gasteiger partial charge in [0.25, 0.3) is 5.91 Å². The number of carbonyl (C=O) groups excluding carboxylic acids is 1. The van der Waals surface area contributed by atoms with Crippen molar-refractivity contribution < 1.29 is 9.18 Å². The minimum atomic E-state index is -0.628. The van der Waals surface area contributed by atoms with Gasteiger partial charge in [0.2, 0.25) is 0 Å². The molecule has 0 saturated carbocycles. The largest absolute Gasteiger partial charge is 0.396 e. The van der Waals surface area contributed by atoms with Crippen LogP contribution in [0.5, 0.6) is 0 Å². The Morgan fingerprint density at radius 3 is 2.72 bits per heavy atom. The lowest BCUT2D eigenvalue weighted by Crippen LogP contribution is -2.12. The molecular formula is C12H9ClFN3O. The Kier molecular flexibility index (Phi) is 3.43. The van der Waals surface area contributed by atoms with Crippen LogP contribution < -0.4 is 11.1 Å². The Morgan fingerprint density at radius 1 is 1.33 bits per heavy atom. The topological polar surface area (TPSA) is 68.0 Å². The van der Waals surface area contributed by atoms with E-state index < -0.39 is 11.7 Å². The zero-order valence-electron chi connectivity index (χ0n) is 9.15. The second-order valence-corrected chi connectivity index (χ2v) is 3.95. The van der Waals surface area contributed by atoms with Gasteiger partial charge in [0.15, 0.2) is 0 Å². The first kappa shape index (κ1) is 12.3. The highest BCUT2D eigenvalue weighted by atomic mass is 35.5. The van der Waals surface area contributed by atoms with Gasteiger partial charge in [-0.25, -0.2) is 9.37 Å². The third-order valence-corrected chi connectivity index (χ3v) is 2.47. The number of carbonyl (C=O) groups is 1. The van der Waals surface area contributed by atoms with Crippen LogP contribution in [0.2, 0.25) is 5.15 Å². The van der Waals surface area contributed by atoms with Crippen molar-refractivity contribution in [3.05, 3.63) is 53.1 Å². The number of nitrogen functional groups attached to an aromatic ring is 1. The monoisotopic (exact) mass is 265 g/mol. The molecule has 3 N–H and O–H groups in total. The van der Waals surface area contributed by atoms with Gasteiger partial charge in [0, 0.05) is 5.56 Å². The molecule has 2 aromatic rings. The van der Waals surface area contributed by atoms with Crippen molar-refractivity contribution in [2.75, 3.05) is 11.1 Å². The number of hydrogen-bond acceptors (Lipinski definition) is 3. The Balaban J connectivity index is 2.16. The number of aromatic nitrogens is 1. The van der Waals surface area contributed by atoms with E-state index in [1.807, 2.05) is 0 Å². The molecule has 0 atom stereocenters. The average Bonchev–Trinajstić information content (AvgIpc) is 2.35. The quantitative estimate of drug-likeness (QED) is 0.648.